The molecule has 0 radical (unpaired) electrons. The van der Waals surface area contributed by atoms with Crippen molar-refractivity contribution in [1.29, 1.82) is 0 Å². The Morgan fingerprint density at radius 1 is 0.552 bits per heavy atom. The van der Waals surface area contributed by atoms with Crippen molar-refractivity contribution in [3.63, 3.8) is 0 Å². The number of aliphatic carboxylic acids is 2. The number of carbonyl (C=O) groups excluding carboxylic acids is 15. The number of benzene rings is 5. The molecule has 134 heavy (non-hydrogen) atoms. The number of aromatic amines is 1. The largest absolute Gasteiger partial charge is 0.508 e. The minimum Gasteiger partial charge on any atom is -0.508 e. The Balaban J connectivity index is 1.14. The first-order valence-electron chi connectivity index (χ1n) is 43.9. The molecule has 38 nitrogen and oxygen atoms in total. The van der Waals surface area contributed by atoms with Crippen molar-refractivity contribution in [1.82, 2.24) is 77.3 Å². The number of methoxy groups -OCH3 is 1. The lowest BCUT2D eigenvalue weighted by Crippen LogP contribution is -2.64. The zero-order chi connectivity index (χ0) is 97.7. The number of aromatic nitrogens is 1. The number of para-hydroxylation sites is 1. The van der Waals surface area contributed by atoms with Gasteiger partial charge >= 0.3 is 11.9 Å². The number of ether oxygens (including phenoxy) is 2. The Bertz CT molecular complexity index is 5190. The number of nitrogens with zero attached hydrogens (tertiary/aromatic N) is 5. The van der Waals surface area contributed by atoms with Crippen molar-refractivity contribution >= 4 is 123 Å². The number of nitrogens with one attached hydrogen (secondary N) is 10. The number of carbonyl (C=O) groups is 17. The maximum absolute atomic E-state index is 15.7. The number of aromatic hydroxyl groups is 1. The number of unbranched alkanes of at least 4 members (excludes halogenated alkanes) is 1. The van der Waals surface area contributed by atoms with Crippen molar-refractivity contribution in [2.75, 3.05) is 79.2 Å². The second-order valence-electron chi connectivity index (χ2n) is 33.5. The van der Waals surface area contributed by atoms with E-state index < -0.39 is 259 Å². The minimum atomic E-state index is -2.03. The van der Waals surface area contributed by atoms with E-state index in [4.69, 9.17) is 15.2 Å². The number of primary amides is 1. The highest BCUT2D eigenvalue weighted by Gasteiger charge is 2.46. The molecule has 0 spiro atoms. The average molecular weight is 1890 g/mol. The summed E-state index contributed by atoms with van der Waals surface area (Å²) in [6, 6.07) is 7.86. The maximum Gasteiger partial charge on any atom is 0.305 e. The molecule has 13 atom stereocenters. The molecule has 722 valence electrons. The zero-order valence-corrected chi connectivity index (χ0v) is 76.0. The fourth-order valence-electron chi connectivity index (χ4n) is 16.0. The number of hydrogen-bond acceptors (Lipinski definition) is 21. The number of morpholine rings is 1. The number of hydrogen-bond donors (Lipinski definition) is 14. The molecular formula is C92H115F3N16O22S. The summed E-state index contributed by atoms with van der Waals surface area (Å²) >= 11 is 0.640. The normalized spacial score (nSPS) is 23.5. The van der Waals surface area contributed by atoms with Gasteiger partial charge in [0.1, 0.15) is 84.3 Å². The Hall–Kier alpha value is -13.5. The van der Waals surface area contributed by atoms with Crippen molar-refractivity contribution in [2.24, 2.45) is 11.7 Å². The Kier molecular flexibility index (Phi) is 38.7. The van der Waals surface area contributed by atoms with Gasteiger partial charge in [0.15, 0.2) is 17.5 Å². The SMILES string of the molecule is CCCC[C@H]1C(=O)N2CCOC[C@@H]2C(=O)N[C@@H](CC(=O)O)C(=O)N[C@@H](C(C)C)C(=O)N(C)[C@@H](Cc2ccccc2)C(=O)N[C@@H](CCC(=O)O)C(=O)N2CCC[C@@H]2C(=O)N[C@@H](Cc2c[nH]c3ccccc23)C(=O)N[C@@H](Cc2ccc(O)cc2)C(=O)N[C@@H](CCOC)C(=O)N[C@H](C(=O)NCC(N)=O)CSCC(=O)N[C@@H](Cc2cc(F)c(F)c(F)c2)C(=O)N(C)[C@@H](Cc2ccccc2)C(=O)N1C. The van der Waals surface area contributed by atoms with Gasteiger partial charge in [0, 0.05) is 109 Å². The fourth-order valence-corrected chi connectivity index (χ4v) is 16.9. The lowest BCUT2D eigenvalue weighted by Gasteiger charge is -2.40. The molecule has 42 heteroatoms. The fraction of sp³-hybridized carbons (Fsp3) is 0.467. The summed E-state index contributed by atoms with van der Waals surface area (Å²) in [5.74, 6) is -26.2. The van der Waals surface area contributed by atoms with E-state index >= 15 is 51.9 Å². The van der Waals surface area contributed by atoms with Gasteiger partial charge in [0.25, 0.3) is 0 Å². The molecule has 4 heterocycles. The number of thioether (sulfide) groups is 1. The number of fused-ring (bicyclic) bond motifs is 3. The van der Waals surface area contributed by atoms with E-state index in [1.54, 1.807) is 98.0 Å². The second-order valence-corrected chi connectivity index (χ2v) is 34.5. The van der Waals surface area contributed by atoms with Crippen LogP contribution in [0, 0.1) is 23.4 Å². The first-order chi connectivity index (χ1) is 63.9. The van der Waals surface area contributed by atoms with Gasteiger partial charge in [-0.2, -0.15) is 0 Å². The summed E-state index contributed by atoms with van der Waals surface area (Å²) in [5, 5.41) is 54.6. The second kappa shape index (κ2) is 49.8. The monoisotopic (exact) mass is 1880 g/mol. The number of phenolic OH excluding ortho intramolecular Hbond substituents is 1. The van der Waals surface area contributed by atoms with Gasteiger partial charge in [0.2, 0.25) is 88.6 Å². The molecule has 3 saturated heterocycles. The predicted molar refractivity (Wildman–Crippen MR) is 480 cm³/mol. The summed E-state index contributed by atoms with van der Waals surface area (Å²) < 4.78 is 56.2. The Labute approximate surface area is 774 Å². The van der Waals surface area contributed by atoms with E-state index in [9.17, 15) is 58.1 Å². The molecule has 5 aromatic carbocycles. The van der Waals surface area contributed by atoms with E-state index in [1.165, 1.54) is 66.4 Å². The zero-order valence-electron chi connectivity index (χ0n) is 75.2. The van der Waals surface area contributed by atoms with Gasteiger partial charge in [0.05, 0.1) is 31.9 Å². The lowest BCUT2D eigenvalue weighted by molar-refractivity contribution is -0.158. The van der Waals surface area contributed by atoms with Gasteiger partial charge in [-0.15, -0.1) is 11.8 Å². The maximum atomic E-state index is 15.7. The molecule has 0 saturated carbocycles. The molecule has 3 aliphatic heterocycles. The van der Waals surface area contributed by atoms with Crippen LogP contribution in [0.1, 0.15) is 106 Å². The molecule has 6 aromatic rings. The number of H-pyrrole nitrogens is 1. The summed E-state index contributed by atoms with van der Waals surface area (Å²) in [6.45, 7) is 2.49. The summed E-state index contributed by atoms with van der Waals surface area (Å²) in [6.07, 6.45) is -2.71. The molecular weight excluding hydrogens is 1770 g/mol. The van der Waals surface area contributed by atoms with E-state index in [0.717, 1.165) is 24.5 Å². The number of likely N-dealkylation sites (N-methyl/N-ethyl adjacent to an activating group) is 3. The van der Waals surface area contributed by atoms with E-state index in [1.807, 2.05) is 0 Å². The van der Waals surface area contributed by atoms with Gasteiger partial charge in [-0.1, -0.05) is 125 Å². The number of carboxylic acid groups (broad SMARTS) is 2. The topological polar surface area (TPSA) is 536 Å². The predicted octanol–water partition coefficient (Wildman–Crippen LogP) is 0.952. The minimum absolute atomic E-state index is 0.0662. The van der Waals surface area contributed by atoms with E-state index in [0.29, 0.717) is 63.5 Å². The van der Waals surface area contributed by atoms with Crippen LogP contribution in [0.4, 0.5) is 13.2 Å². The van der Waals surface area contributed by atoms with Crippen molar-refractivity contribution in [3.05, 3.63) is 173 Å². The third kappa shape index (κ3) is 29.0. The Morgan fingerprint density at radius 3 is 1.73 bits per heavy atom. The van der Waals surface area contributed by atoms with Crippen LogP contribution in [0.3, 0.4) is 0 Å². The van der Waals surface area contributed by atoms with Crippen LogP contribution in [0.5, 0.6) is 5.75 Å². The molecule has 9 rings (SSSR count). The summed E-state index contributed by atoms with van der Waals surface area (Å²) in [7, 11) is 4.91. The molecule has 0 bridgehead atoms. The van der Waals surface area contributed by atoms with Crippen LogP contribution in [0.25, 0.3) is 10.9 Å². The number of rotatable bonds is 25. The van der Waals surface area contributed by atoms with Crippen LogP contribution < -0.4 is 53.6 Å². The van der Waals surface area contributed by atoms with Gasteiger partial charge in [-0.05, 0) is 96.2 Å². The van der Waals surface area contributed by atoms with E-state index in [-0.39, 0.29) is 89.0 Å². The summed E-state index contributed by atoms with van der Waals surface area (Å²) in [5.41, 5.74) is 7.31. The first kappa shape index (κ1) is 104. The molecule has 15 amide bonds. The first-order valence-corrected chi connectivity index (χ1v) is 45.0. The highest BCUT2D eigenvalue weighted by molar-refractivity contribution is 8.00. The number of amides is 15. The average Bonchev–Trinajstić information content (AvgIpc) is 1.51. The molecule has 15 N–H and O–H groups in total. The smallest absolute Gasteiger partial charge is 0.305 e. The number of nitrogens with two attached hydrogens (primary N) is 1. The molecule has 1 aromatic heterocycles. The lowest BCUT2D eigenvalue weighted by atomic mass is 9.98. The van der Waals surface area contributed by atoms with Gasteiger partial charge < -0.3 is 108 Å². The molecule has 3 fully saturated rings. The van der Waals surface area contributed by atoms with Crippen LogP contribution in [0.15, 0.2) is 128 Å². The van der Waals surface area contributed by atoms with Crippen LogP contribution >= 0.6 is 11.8 Å². The van der Waals surface area contributed by atoms with Crippen LogP contribution in [-0.2, 0) is 123 Å². The third-order valence-corrected chi connectivity index (χ3v) is 24.5. The van der Waals surface area contributed by atoms with E-state index in [2.05, 4.69) is 52.8 Å². The molecule has 0 aliphatic carbocycles. The molecule has 0 unspecified atom stereocenters. The van der Waals surface area contributed by atoms with Gasteiger partial charge in [-0.3, -0.25) is 81.5 Å². The Morgan fingerprint density at radius 2 is 1.10 bits per heavy atom. The quantitative estimate of drug-likeness (QED) is 0.0355. The highest BCUT2D eigenvalue weighted by atomic mass is 32.2. The summed E-state index contributed by atoms with van der Waals surface area (Å²) in [4.78, 5) is 258. The third-order valence-electron chi connectivity index (χ3n) is 23.4. The number of phenols is 1. The standard InChI is InChI=1S/C92H115F3N16O22S/c1-8-9-25-70-91(130)111-35-37-133-48-73(111)87(126)104-66(45-77(117)118)84(123)106-79(51(2)3)92(131)108(5)71(42-52-19-12-10-13-20-52)86(125)101-63(31-32-76(115)116)89(128)110-34-18-26-69(110)85(124)103-65(44-56-46-97-61-24-17-16-23-58(56)61)83(122)102-64(40-54-27-29-57(112)30-28-54)82(121)100-62(33-36-132-7)81(120)105-68(80(119)98-47-74(96)113)49-134-50-75(114)99-67(41-55-38-59(93)78(95)60(94)39-55)88(127)109(6)72(90(129)107(70)4)43-53-21-14-11-15-22-53/h10-17,19-24,27-30,38-39,46,51,62-73,79,97,112H,8-9,18,25-26,31-37,40-45,47-50H2,1-7H3,(H2,96,113)(H,98,119)(H,99,114)(H,100,121)(H,101,125)(H,102,122)(H,103,124)(H,104,126)(H,105,120)(H,106,123)(H,115,116)(H,117,118)/t62-,63-,64-,65-,66-,67-,68-,69+,70-,71-,72-,73+,79-/m0/s1. The van der Waals surface area contributed by atoms with Crippen molar-refractivity contribution in [2.45, 2.75) is 189 Å². The highest BCUT2D eigenvalue weighted by Crippen LogP contribution is 2.28. The van der Waals surface area contributed by atoms with Crippen molar-refractivity contribution < 1.29 is 119 Å². The van der Waals surface area contributed by atoms with Crippen molar-refractivity contribution in [3.8, 4) is 5.75 Å². The number of carboxylic acids is 2. The number of halogens is 3. The van der Waals surface area contributed by atoms with Gasteiger partial charge in [-0.25, -0.2) is 13.2 Å². The molecule has 3 aliphatic rings. The van der Waals surface area contributed by atoms with Crippen LogP contribution in [-0.4, -0.2) is 303 Å². The van der Waals surface area contributed by atoms with Crippen LogP contribution in [0.2, 0.25) is 0 Å².